The van der Waals surface area contributed by atoms with Crippen LogP contribution in [0.4, 0.5) is 18.0 Å². The molecule has 1 aliphatic rings. The van der Waals surface area contributed by atoms with Gasteiger partial charge in [0.1, 0.15) is 12.2 Å². The van der Waals surface area contributed by atoms with Gasteiger partial charge in [0, 0.05) is 26.1 Å². The number of likely N-dealkylation sites (tertiary alicyclic amines) is 1. The van der Waals surface area contributed by atoms with E-state index in [4.69, 9.17) is 4.74 Å². The van der Waals surface area contributed by atoms with Crippen LogP contribution in [0.1, 0.15) is 51.2 Å². The number of nitrogens with zero attached hydrogens (tertiary/aromatic N) is 1. The average molecular weight is 444 g/mol. The number of rotatable bonds is 7. The van der Waals surface area contributed by atoms with Crippen LogP contribution >= 0.6 is 0 Å². The van der Waals surface area contributed by atoms with Gasteiger partial charge in [-0.3, -0.25) is 4.79 Å². The molecule has 1 aromatic rings. The van der Waals surface area contributed by atoms with Gasteiger partial charge < -0.3 is 19.7 Å². The van der Waals surface area contributed by atoms with E-state index >= 15 is 0 Å². The Hall–Kier alpha value is -2.29. The predicted molar refractivity (Wildman–Crippen MR) is 109 cm³/mol. The molecule has 2 amide bonds. The van der Waals surface area contributed by atoms with Crippen LogP contribution in [0.5, 0.6) is 0 Å². The number of piperidine rings is 1. The third-order valence-electron chi connectivity index (χ3n) is 4.79. The largest absolute Gasteiger partial charge is 0.444 e. The minimum Gasteiger partial charge on any atom is -0.444 e. The number of hydrogen-bond donors (Lipinski definition) is 1. The van der Waals surface area contributed by atoms with E-state index in [1.54, 1.807) is 29.2 Å². The van der Waals surface area contributed by atoms with Crippen molar-refractivity contribution in [3.8, 4) is 0 Å². The Morgan fingerprint density at radius 1 is 1.06 bits per heavy atom. The standard InChI is InChI=1S/C22H31F3N2O4/c1-21(2,3)31-20(29)27-10-8-16(9-11-27)12-19(28)26-13-17-4-6-18(7-5-17)14-30-15-22(23,24)25/h4-7,16H,8-15H2,1-3H3,(H,26,28). The first-order valence-electron chi connectivity index (χ1n) is 10.4. The highest BCUT2D eigenvalue weighted by molar-refractivity contribution is 5.76. The maximum absolute atomic E-state index is 12.2. The third-order valence-corrected chi connectivity index (χ3v) is 4.79. The summed E-state index contributed by atoms with van der Waals surface area (Å²) in [5.41, 5.74) is 0.964. The Morgan fingerprint density at radius 2 is 1.65 bits per heavy atom. The van der Waals surface area contributed by atoms with Crippen LogP contribution in [0.15, 0.2) is 24.3 Å². The Morgan fingerprint density at radius 3 is 2.19 bits per heavy atom. The zero-order valence-corrected chi connectivity index (χ0v) is 18.3. The van der Waals surface area contributed by atoms with Crippen molar-refractivity contribution in [3.05, 3.63) is 35.4 Å². The molecule has 6 nitrogen and oxygen atoms in total. The summed E-state index contributed by atoms with van der Waals surface area (Å²) in [6.07, 6.45) is -2.76. The highest BCUT2D eigenvalue weighted by atomic mass is 19.4. The van der Waals surface area contributed by atoms with Gasteiger partial charge in [0.15, 0.2) is 0 Å². The van der Waals surface area contributed by atoms with Gasteiger partial charge in [-0.25, -0.2) is 4.79 Å². The van der Waals surface area contributed by atoms with Crippen molar-refractivity contribution in [1.82, 2.24) is 10.2 Å². The zero-order valence-electron chi connectivity index (χ0n) is 18.3. The maximum Gasteiger partial charge on any atom is 0.411 e. The summed E-state index contributed by atoms with van der Waals surface area (Å²) in [6, 6.07) is 6.88. The molecule has 0 bridgehead atoms. The quantitative estimate of drug-likeness (QED) is 0.676. The second kappa shape index (κ2) is 10.8. The van der Waals surface area contributed by atoms with E-state index in [-0.39, 0.29) is 24.5 Å². The molecule has 0 unspecified atom stereocenters. The molecule has 1 fully saturated rings. The van der Waals surface area contributed by atoms with Gasteiger partial charge in [0.05, 0.1) is 6.61 Å². The molecule has 31 heavy (non-hydrogen) atoms. The van der Waals surface area contributed by atoms with Crippen molar-refractivity contribution >= 4 is 12.0 Å². The number of benzene rings is 1. The Balaban J connectivity index is 1.66. The molecule has 1 heterocycles. The Bertz CT molecular complexity index is 722. The lowest BCUT2D eigenvalue weighted by Crippen LogP contribution is -2.42. The molecular formula is C22H31F3N2O4. The SMILES string of the molecule is CC(C)(C)OC(=O)N1CCC(CC(=O)NCc2ccc(COCC(F)(F)F)cc2)CC1. The minimum absolute atomic E-state index is 0.0618. The number of hydrogen-bond acceptors (Lipinski definition) is 4. The van der Waals surface area contributed by atoms with E-state index in [1.807, 2.05) is 20.8 Å². The lowest BCUT2D eigenvalue weighted by atomic mass is 9.93. The summed E-state index contributed by atoms with van der Waals surface area (Å²) in [5, 5.41) is 2.87. The topological polar surface area (TPSA) is 67.9 Å². The van der Waals surface area contributed by atoms with E-state index in [1.165, 1.54) is 0 Å². The number of halogens is 3. The summed E-state index contributed by atoms with van der Waals surface area (Å²) in [5.74, 6) is 0.153. The maximum atomic E-state index is 12.2. The van der Waals surface area contributed by atoms with Crippen LogP contribution in [-0.2, 0) is 27.4 Å². The molecule has 1 aliphatic heterocycles. The number of amides is 2. The van der Waals surface area contributed by atoms with E-state index < -0.39 is 18.4 Å². The summed E-state index contributed by atoms with van der Waals surface area (Å²) in [6.45, 7) is 5.59. The van der Waals surface area contributed by atoms with Gasteiger partial charge >= 0.3 is 12.3 Å². The van der Waals surface area contributed by atoms with E-state index in [0.717, 1.165) is 18.4 Å². The minimum atomic E-state index is -4.34. The van der Waals surface area contributed by atoms with Crippen molar-refractivity contribution in [2.45, 2.75) is 65.0 Å². The average Bonchev–Trinajstić information content (AvgIpc) is 2.65. The lowest BCUT2D eigenvalue weighted by Gasteiger charge is -2.33. The van der Waals surface area contributed by atoms with Gasteiger partial charge in [-0.2, -0.15) is 13.2 Å². The van der Waals surface area contributed by atoms with E-state index in [0.29, 0.717) is 31.6 Å². The van der Waals surface area contributed by atoms with Crippen LogP contribution in [-0.4, -0.2) is 48.4 Å². The van der Waals surface area contributed by atoms with Crippen LogP contribution in [0.25, 0.3) is 0 Å². The molecule has 0 saturated carbocycles. The molecule has 2 rings (SSSR count). The van der Waals surface area contributed by atoms with Crippen molar-refractivity contribution in [2.75, 3.05) is 19.7 Å². The van der Waals surface area contributed by atoms with Crippen LogP contribution < -0.4 is 5.32 Å². The first-order chi connectivity index (χ1) is 14.4. The molecule has 0 spiro atoms. The van der Waals surface area contributed by atoms with E-state index in [2.05, 4.69) is 10.1 Å². The first kappa shape index (κ1) is 25.0. The fourth-order valence-corrected chi connectivity index (χ4v) is 3.22. The summed E-state index contributed by atoms with van der Waals surface area (Å²) < 4.78 is 46.3. The Kier molecular flexibility index (Phi) is 8.73. The van der Waals surface area contributed by atoms with Crippen LogP contribution in [0.3, 0.4) is 0 Å². The van der Waals surface area contributed by atoms with Crippen LogP contribution in [0, 0.1) is 5.92 Å². The summed E-state index contributed by atoms with van der Waals surface area (Å²) in [4.78, 5) is 26.0. The monoisotopic (exact) mass is 444 g/mol. The smallest absolute Gasteiger partial charge is 0.411 e. The summed E-state index contributed by atoms with van der Waals surface area (Å²) in [7, 11) is 0. The van der Waals surface area contributed by atoms with Gasteiger partial charge in [0.2, 0.25) is 5.91 Å². The lowest BCUT2D eigenvalue weighted by molar-refractivity contribution is -0.176. The Labute approximate surface area is 181 Å². The molecule has 0 aliphatic carbocycles. The van der Waals surface area contributed by atoms with Crippen molar-refractivity contribution in [2.24, 2.45) is 5.92 Å². The number of carbonyl (C=O) groups excluding carboxylic acids is 2. The zero-order chi connectivity index (χ0) is 23.1. The van der Waals surface area contributed by atoms with Crippen LogP contribution in [0.2, 0.25) is 0 Å². The highest BCUT2D eigenvalue weighted by Gasteiger charge is 2.28. The molecule has 9 heteroatoms. The molecule has 1 saturated heterocycles. The van der Waals surface area contributed by atoms with Crippen molar-refractivity contribution < 1.29 is 32.2 Å². The summed E-state index contributed by atoms with van der Waals surface area (Å²) >= 11 is 0. The van der Waals surface area contributed by atoms with Crippen molar-refractivity contribution in [3.63, 3.8) is 0 Å². The number of carbonyl (C=O) groups is 2. The second-order valence-electron chi connectivity index (χ2n) is 8.82. The predicted octanol–water partition coefficient (Wildman–Crippen LogP) is 4.42. The molecular weight excluding hydrogens is 413 g/mol. The number of ether oxygens (including phenoxy) is 2. The molecule has 0 aromatic heterocycles. The number of alkyl halides is 3. The van der Waals surface area contributed by atoms with Gasteiger partial charge in [-0.05, 0) is 50.7 Å². The molecule has 0 atom stereocenters. The molecule has 1 aromatic carbocycles. The highest BCUT2D eigenvalue weighted by Crippen LogP contribution is 2.22. The normalized spacial score (nSPS) is 15.6. The number of nitrogens with one attached hydrogen (secondary N) is 1. The first-order valence-corrected chi connectivity index (χ1v) is 10.4. The fraction of sp³-hybridized carbons (Fsp3) is 0.636. The molecule has 0 radical (unpaired) electrons. The second-order valence-corrected chi connectivity index (χ2v) is 8.82. The molecule has 174 valence electrons. The third kappa shape index (κ3) is 10.0. The van der Waals surface area contributed by atoms with Gasteiger partial charge in [-0.15, -0.1) is 0 Å². The van der Waals surface area contributed by atoms with Crippen molar-refractivity contribution in [1.29, 1.82) is 0 Å². The van der Waals surface area contributed by atoms with Gasteiger partial charge in [-0.1, -0.05) is 24.3 Å². The van der Waals surface area contributed by atoms with Gasteiger partial charge in [0.25, 0.3) is 0 Å². The van der Waals surface area contributed by atoms with E-state index in [9.17, 15) is 22.8 Å². The fourth-order valence-electron chi connectivity index (χ4n) is 3.22. The molecule has 1 N–H and O–H groups in total.